The van der Waals surface area contributed by atoms with Gasteiger partial charge in [-0.05, 0) is 57.1 Å². The number of hydrogen-bond donors (Lipinski definition) is 1. The number of halogens is 3. The first kappa shape index (κ1) is 19.9. The number of nitrogen functional groups attached to an aromatic ring is 1. The Morgan fingerprint density at radius 2 is 1.75 bits per heavy atom. The fourth-order valence-electron chi connectivity index (χ4n) is 1.59. The van der Waals surface area contributed by atoms with Gasteiger partial charge >= 0.3 is 5.97 Å². The minimum absolute atomic E-state index is 0. The van der Waals surface area contributed by atoms with Gasteiger partial charge in [0.05, 0.1) is 11.3 Å². The van der Waals surface area contributed by atoms with Gasteiger partial charge in [-0.25, -0.2) is 4.79 Å². The maximum absolute atomic E-state index is 11.9. The van der Waals surface area contributed by atoms with Crippen molar-refractivity contribution >= 4 is 60.5 Å². The van der Waals surface area contributed by atoms with Crippen LogP contribution >= 0.6 is 48.8 Å². The maximum Gasteiger partial charge on any atom is 0.338 e. The Labute approximate surface area is 147 Å². The molecule has 0 fully saturated rings. The monoisotopic (exact) mass is 472 g/mol. The van der Waals surface area contributed by atoms with E-state index in [1.807, 2.05) is 0 Å². The van der Waals surface area contributed by atoms with Gasteiger partial charge < -0.3 is 15.4 Å². The average Bonchev–Trinajstić information content (AvgIpc) is 2.40. The number of ether oxygens (including phenoxy) is 1. The Morgan fingerprint density at radius 3 is 2.20 bits per heavy atom. The van der Waals surface area contributed by atoms with Crippen LogP contribution in [0.5, 0.6) is 0 Å². The Bertz CT molecular complexity index is 428. The minimum Gasteiger partial charge on any atom is -0.461 e. The molecule has 20 heavy (non-hydrogen) atoms. The number of benzene rings is 1. The lowest BCUT2D eigenvalue weighted by molar-refractivity contribution is 0.0466. The average molecular weight is 475 g/mol. The number of likely N-dealkylation sites (N-methyl/N-ethyl adjacent to an activating group) is 1. The fourth-order valence-corrected chi connectivity index (χ4v) is 2.78. The van der Waals surface area contributed by atoms with E-state index in [1.54, 1.807) is 12.1 Å². The molecule has 4 nitrogen and oxygen atoms in total. The Balaban J connectivity index is 0.00000361. The van der Waals surface area contributed by atoms with Crippen molar-refractivity contribution in [2.45, 2.75) is 13.8 Å². The van der Waals surface area contributed by atoms with Crippen molar-refractivity contribution in [3.63, 3.8) is 0 Å². The SMILES string of the molecule is Br.CCN(CC)CCOC(=O)c1cc(Br)c(N)c(Br)c1. The third-order valence-corrected chi connectivity index (χ3v) is 4.16. The zero-order chi connectivity index (χ0) is 14.4. The molecular weight excluding hydrogens is 456 g/mol. The first-order valence-corrected chi connectivity index (χ1v) is 7.72. The van der Waals surface area contributed by atoms with Gasteiger partial charge in [0.25, 0.3) is 0 Å². The van der Waals surface area contributed by atoms with Gasteiger partial charge in [-0.3, -0.25) is 0 Å². The second-order valence-corrected chi connectivity index (χ2v) is 5.73. The predicted molar refractivity (Wildman–Crippen MR) is 94.6 cm³/mol. The van der Waals surface area contributed by atoms with E-state index in [0.717, 1.165) is 19.6 Å². The second-order valence-electron chi connectivity index (χ2n) is 4.02. The molecule has 0 saturated carbocycles. The molecular formula is C13H19Br3N2O2. The molecule has 1 aromatic carbocycles. The molecule has 0 aliphatic rings. The number of anilines is 1. The number of carbonyl (C=O) groups excluding carboxylic acids is 1. The molecule has 0 aliphatic carbocycles. The molecule has 0 heterocycles. The highest BCUT2D eigenvalue weighted by atomic mass is 79.9. The highest BCUT2D eigenvalue weighted by molar-refractivity contribution is 9.11. The number of carbonyl (C=O) groups is 1. The molecule has 1 rings (SSSR count). The molecule has 0 saturated heterocycles. The van der Waals surface area contributed by atoms with Crippen LogP contribution in [0.4, 0.5) is 5.69 Å². The first-order chi connectivity index (χ1) is 8.99. The number of nitrogens with zero attached hydrogens (tertiary/aromatic N) is 1. The zero-order valence-electron chi connectivity index (χ0n) is 11.5. The van der Waals surface area contributed by atoms with Crippen molar-refractivity contribution in [3.8, 4) is 0 Å². The van der Waals surface area contributed by atoms with Crippen LogP contribution < -0.4 is 5.73 Å². The molecule has 1 aromatic rings. The van der Waals surface area contributed by atoms with Crippen LogP contribution in [0.25, 0.3) is 0 Å². The van der Waals surface area contributed by atoms with E-state index in [0.29, 0.717) is 26.8 Å². The molecule has 0 aliphatic heterocycles. The van der Waals surface area contributed by atoms with Crippen LogP contribution in [-0.2, 0) is 4.74 Å². The molecule has 0 amide bonds. The van der Waals surface area contributed by atoms with Crippen molar-refractivity contribution in [3.05, 3.63) is 26.6 Å². The quantitative estimate of drug-likeness (QED) is 0.502. The summed E-state index contributed by atoms with van der Waals surface area (Å²) in [6.07, 6.45) is 0. The second kappa shape index (κ2) is 9.76. The smallest absolute Gasteiger partial charge is 0.338 e. The molecule has 7 heteroatoms. The van der Waals surface area contributed by atoms with Crippen LogP contribution in [0.1, 0.15) is 24.2 Å². The van der Waals surface area contributed by atoms with Crippen LogP contribution in [0, 0.1) is 0 Å². The van der Waals surface area contributed by atoms with Crippen LogP contribution in [0.15, 0.2) is 21.1 Å². The van der Waals surface area contributed by atoms with E-state index in [2.05, 4.69) is 50.6 Å². The van der Waals surface area contributed by atoms with Crippen molar-refractivity contribution in [1.29, 1.82) is 0 Å². The van der Waals surface area contributed by atoms with E-state index in [4.69, 9.17) is 10.5 Å². The number of rotatable bonds is 6. The van der Waals surface area contributed by atoms with Gasteiger partial charge in [0.1, 0.15) is 6.61 Å². The Kier molecular flexibility index (Phi) is 9.71. The molecule has 0 bridgehead atoms. The van der Waals surface area contributed by atoms with Gasteiger partial charge in [-0.15, -0.1) is 17.0 Å². The fraction of sp³-hybridized carbons (Fsp3) is 0.462. The van der Waals surface area contributed by atoms with E-state index >= 15 is 0 Å². The molecule has 0 aromatic heterocycles. The standard InChI is InChI=1S/C13H18Br2N2O2.BrH/c1-3-17(4-2)5-6-19-13(18)9-7-10(14)12(16)11(15)8-9;/h7-8H,3-6,16H2,1-2H3;1H. The summed E-state index contributed by atoms with van der Waals surface area (Å²) in [6.45, 7) is 7.20. The van der Waals surface area contributed by atoms with Gasteiger partial charge in [0.2, 0.25) is 0 Å². The summed E-state index contributed by atoms with van der Waals surface area (Å²) in [5.41, 5.74) is 6.82. The first-order valence-electron chi connectivity index (χ1n) is 6.13. The summed E-state index contributed by atoms with van der Waals surface area (Å²) < 4.78 is 6.61. The highest BCUT2D eigenvalue weighted by Crippen LogP contribution is 2.29. The van der Waals surface area contributed by atoms with Gasteiger partial charge in [-0.1, -0.05) is 13.8 Å². The summed E-state index contributed by atoms with van der Waals surface area (Å²) >= 11 is 6.62. The molecule has 0 spiro atoms. The van der Waals surface area contributed by atoms with E-state index in [1.165, 1.54) is 0 Å². The van der Waals surface area contributed by atoms with Crippen molar-refractivity contribution < 1.29 is 9.53 Å². The molecule has 114 valence electrons. The maximum atomic E-state index is 11.9. The third-order valence-electron chi connectivity index (χ3n) is 2.85. The summed E-state index contributed by atoms with van der Waals surface area (Å²) in [5, 5.41) is 0. The van der Waals surface area contributed by atoms with Crippen molar-refractivity contribution in [2.75, 3.05) is 32.0 Å². The molecule has 0 atom stereocenters. The topological polar surface area (TPSA) is 55.6 Å². The normalized spacial score (nSPS) is 10.2. The van der Waals surface area contributed by atoms with Crippen molar-refractivity contribution in [2.24, 2.45) is 0 Å². The van der Waals surface area contributed by atoms with E-state index in [9.17, 15) is 4.79 Å². The Hall–Kier alpha value is -0.110. The number of nitrogens with two attached hydrogens (primary N) is 1. The molecule has 0 radical (unpaired) electrons. The summed E-state index contributed by atoms with van der Waals surface area (Å²) in [7, 11) is 0. The summed E-state index contributed by atoms with van der Waals surface area (Å²) in [4.78, 5) is 14.1. The van der Waals surface area contributed by atoms with Gasteiger partial charge in [0.15, 0.2) is 0 Å². The minimum atomic E-state index is -0.339. The predicted octanol–water partition coefficient (Wildman–Crippen LogP) is 3.87. The lowest BCUT2D eigenvalue weighted by atomic mass is 10.2. The molecule has 0 unspecified atom stereocenters. The highest BCUT2D eigenvalue weighted by Gasteiger charge is 2.12. The Morgan fingerprint density at radius 1 is 1.25 bits per heavy atom. The number of hydrogen-bond acceptors (Lipinski definition) is 4. The lowest BCUT2D eigenvalue weighted by Gasteiger charge is -2.17. The largest absolute Gasteiger partial charge is 0.461 e. The van der Waals surface area contributed by atoms with Crippen molar-refractivity contribution in [1.82, 2.24) is 4.90 Å². The third kappa shape index (κ3) is 5.71. The summed E-state index contributed by atoms with van der Waals surface area (Å²) in [5.74, 6) is -0.339. The molecule has 2 N–H and O–H groups in total. The summed E-state index contributed by atoms with van der Waals surface area (Å²) in [6, 6.07) is 3.33. The van der Waals surface area contributed by atoms with Crippen LogP contribution in [0.3, 0.4) is 0 Å². The zero-order valence-corrected chi connectivity index (χ0v) is 16.4. The van der Waals surface area contributed by atoms with Crippen LogP contribution in [-0.4, -0.2) is 37.1 Å². The lowest BCUT2D eigenvalue weighted by Crippen LogP contribution is -2.27. The van der Waals surface area contributed by atoms with Crippen LogP contribution in [0.2, 0.25) is 0 Å². The van der Waals surface area contributed by atoms with E-state index < -0.39 is 0 Å². The van der Waals surface area contributed by atoms with Gasteiger partial charge in [0, 0.05) is 15.5 Å². The van der Waals surface area contributed by atoms with Gasteiger partial charge in [-0.2, -0.15) is 0 Å². The van der Waals surface area contributed by atoms with E-state index in [-0.39, 0.29) is 23.0 Å². The number of esters is 1.